The average Bonchev–Trinajstić information content (AvgIpc) is 3.29. The standard InChI is InChI=1S/C26H31N3O4/c1-18(2)21-9-11-22(12-10-21)26-28-24(33-29-26)14-15-25(31)32-17-16-27-23(30)13-8-20-6-4-19(3)5-7-20/h4-7,9-12,18H,8,13-17H2,1-3H3,(H,27,30). The fourth-order valence-electron chi connectivity index (χ4n) is 3.23. The van der Waals surface area contributed by atoms with Crippen molar-refractivity contribution in [1.29, 1.82) is 0 Å². The number of aryl methyl sites for hydroxylation is 3. The van der Waals surface area contributed by atoms with Crippen LogP contribution in [-0.4, -0.2) is 35.2 Å². The van der Waals surface area contributed by atoms with E-state index in [0.717, 1.165) is 11.1 Å². The highest BCUT2D eigenvalue weighted by Gasteiger charge is 2.12. The van der Waals surface area contributed by atoms with Crippen molar-refractivity contribution in [3.8, 4) is 11.4 Å². The molecule has 0 aliphatic rings. The summed E-state index contributed by atoms with van der Waals surface area (Å²) in [6.07, 6.45) is 1.52. The molecule has 0 atom stereocenters. The summed E-state index contributed by atoms with van der Waals surface area (Å²) in [5.41, 5.74) is 4.43. The molecule has 1 aromatic heterocycles. The van der Waals surface area contributed by atoms with E-state index in [4.69, 9.17) is 9.26 Å². The van der Waals surface area contributed by atoms with Crippen molar-refractivity contribution in [2.75, 3.05) is 13.2 Å². The fourth-order valence-corrected chi connectivity index (χ4v) is 3.23. The number of esters is 1. The molecule has 1 heterocycles. The molecule has 174 valence electrons. The Morgan fingerprint density at radius 3 is 2.42 bits per heavy atom. The Morgan fingerprint density at radius 2 is 1.73 bits per heavy atom. The number of aromatic nitrogens is 2. The number of carbonyl (C=O) groups is 2. The first-order chi connectivity index (χ1) is 15.9. The zero-order valence-electron chi connectivity index (χ0n) is 19.5. The predicted octanol–water partition coefficient (Wildman–Crippen LogP) is 4.39. The second-order valence-corrected chi connectivity index (χ2v) is 8.34. The molecule has 0 aliphatic heterocycles. The van der Waals surface area contributed by atoms with Gasteiger partial charge >= 0.3 is 5.97 Å². The van der Waals surface area contributed by atoms with Gasteiger partial charge in [0.2, 0.25) is 17.6 Å². The predicted molar refractivity (Wildman–Crippen MR) is 126 cm³/mol. The molecule has 7 heteroatoms. The molecule has 0 spiro atoms. The van der Waals surface area contributed by atoms with Crippen LogP contribution < -0.4 is 5.32 Å². The summed E-state index contributed by atoms with van der Waals surface area (Å²) in [5.74, 6) is 0.913. The third-order valence-electron chi connectivity index (χ3n) is 5.30. The van der Waals surface area contributed by atoms with E-state index in [2.05, 4.69) is 41.4 Å². The zero-order chi connectivity index (χ0) is 23.6. The van der Waals surface area contributed by atoms with Crippen molar-refractivity contribution in [2.24, 2.45) is 0 Å². The maximum Gasteiger partial charge on any atom is 0.306 e. The summed E-state index contributed by atoms with van der Waals surface area (Å²) in [5, 5.41) is 6.76. The lowest BCUT2D eigenvalue weighted by Gasteiger charge is -2.07. The van der Waals surface area contributed by atoms with Gasteiger partial charge in [0.05, 0.1) is 13.0 Å². The van der Waals surface area contributed by atoms with Crippen LogP contribution in [0.25, 0.3) is 11.4 Å². The minimum atomic E-state index is -0.370. The molecule has 0 fully saturated rings. The van der Waals surface area contributed by atoms with E-state index >= 15 is 0 Å². The van der Waals surface area contributed by atoms with Gasteiger partial charge in [-0.15, -0.1) is 0 Å². The van der Waals surface area contributed by atoms with E-state index in [9.17, 15) is 9.59 Å². The van der Waals surface area contributed by atoms with E-state index in [1.54, 1.807) is 0 Å². The van der Waals surface area contributed by atoms with Crippen molar-refractivity contribution in [3.05, 3.63) is 71.1 Å². The van der Waals surface area contributed by atoms with Gasteiger partial charge in [-0.25, -0.2) is 0 Å². The number of nitrogens with one attached hydrogen (secondary N) is 1. The zero-order valence-corrected chi connectivity index (χ0v) is 19.5. The highest BCUT2D eigenvalue weighted by molar-refractivity contribution is 5.76. The number of amides is 1. The maximum absolute atomic E-state index is 12.0. The third-order valence-corrected chi connectivity index (χ3v) is 5.30. The van der Waals surface area contributed by atoms with E-state index in [0.29, 0.717) is 36.9 Å². The van der Waals surface area contributed by atoms with Crippen molar-refractivity contribution >= 4 is 11.9 Å². The van der Waals surface area contributed by atoms with Gasteiger partial charge in [-0.05, 0) is 30.4 Å². The molecule has 0 aliphatic carbocycles. The number of rotatable bonds is 11. The lowest BCUT2D eigenvalue weighted by Crippen LogP contribution is -2.28. The minimum absolute atomic E-state index is 0.0635. The molecule has 0 saturated carbocycles. The first-order valence-corrected chi connectivity index (χ1v) is 11.3. The highest BCUT2D eigenvalue weighted by Crippen LogP contribution is 2.20. The van der Waals surface area contributed by atoms with Gasteiger partial charge in [-0.3, -0.25) is 9.59 Å². The summed E-state index contributed by atoms with van der Waals surface area (Å²) >= 11 is 0. The Hall–Kier alpha value is -3.48. The van der Waals surface area contributed by atoms with Crippen LogP contribution in [0.4, 0.5) is 0 Å². The summed E-state index contributed by atoms with van der Waals surface area (Å²) in [7, 11) is 0. The van der Waals surface area contributed by atoms with Crippen molar-refractivity contribution in [3.63, 3.8) is 0 Å². The molecular formula is C26H31N3O4. The number of benzene rings is 2. The molecule has 7 nitrogen and oxygen atoms in total. The fraction of sp³-hybridized carbons (Fsp3) is 0.385. The summed E-state index contributed by atoms with van der Waals surface area (Å²) in [6, 6.07) is 16.2. The van der Waals surface area contributed by atoms with Crippen molar-refractivity contribution < 1.29 is 18.8 Å². The van der Waals surface area contributed by atoms with Crippen LogP contribution in [0.5, 0.6) is 0 Å². The Bertz CT molecular complexity index is 1040. The molecular weight excluding hydrogens is 418 g/mol. The molecule has 2 aromatic carbocycles. The van der Waals surface area contributed by atoms with E-state index in [1.807, 2.05) is 43.3 Å². The molecule has 0 bridgehead atoms. The van der Waals surface area contributed by atoms with Crippen LogP contribution in [0, 0.1) is 6.92 Å². The largest absolute Gasteiger partial charge is 0.464 e. The van der Waals surface area contributed by atoms with Crippen molar-refractivity contribution in [1.82, 2.24) is 15.5 Å². The number of hydrogen-bond donors (Lipinski definition) is 1. The van der Waals surface area contributed by atoms with Gasteiger partial charge in [-0.2, -0.15) is 4.98 Å². The molecule has 1 N–H and O–H groups in total. The van der Waals surface area contributed by atoms with Gasteiger partial charge < -0.3 is 14.6 Å². The van der Waals surface area contributed by atoms with E-state index in [1.165, 1.54) is 11.1 Å². The summed E-state index contributed by atoms with van der Waals surface area (Å²) in [4.78, 5) is 28.2. The number of ether oxygens (including phenoxy) is 1. The normalized spacial score (nSPS) is 10.9. The quantitative estimate of drug-likeness (QED) is 0.345. The SMILES string of the molecule is Cc1ccc(CCC(=O)NCCOC(=O)CCc2nc(-c3ccc(C(C)C)cc3)no2)cc1. The molecule has 0 radical (unpaired) electrons. The minimum Gasteiger partial charge on any atom is -0.464 e. The molecule has 0 unspecified atom stereocenters. The van der Waals surface area contributed by atoms with Gasteiger partial charge in [0.25, 0.3) is 0 Å². The molecule has 0 saturated heterocycles. The molecule has 1 amide bonds. The lowest BCUT2D eigenvalue weighted by atomic mass is 10.0. The van der Waals surface area contributed by atoms with Crippen LogP contribution in [0.2, 0.25) is 0 Å². The summed E-state index contributed by atoms with van der Waals surface area (Å²) in [6.45, 7) is 6.73. The number of carbonyl (C=O) groups excluding carboxylic acids is 2. The van der Waals surface area contributed by atoms with E-state index in [-0.39, 0.29) is 31.4 Å². The first-order valence-electron chi connectivity index (χ1n) is 11.3. The second kappa shape index (κ2) is 11.9. The molecule has 33 heavy (non-hydrogen) atoms. The Labute approximate surface area is 194 Å². The average molecular weight is 450 g/mol. The van der Waals surface area contributed by atoms with Crippen LogP contribution >= 0.6 is 0 Å². The lowest BCUT2D eigenvalue weighted by molar-refractivity contribution is -0.144. The number of hydrogen-bond acceptors (Lipinski definition) is 6. The van der Waals surface area contributed by atoms with Crippen LogP contribution in [0.3, 0.4) is 0 Å². The van der Waals surface area contributed by atoms with Crippen LogP contribution in [0.1, 0.15) is 55.2 Å². The smallest absolute Gasteiger partial charge is 0.306 e. The van der Waals surface area contributed by atoms with Gasteiger partial charge in [0, 0.05) is 18.4 Å². The van der Waals surface area contributed by atoms with Crippen molar-refractivity contribution in [2.45, 2.75) is 52.4 Å². The molecule has 3 rings (SSSR count). The number of nitrogens with zero attached hydrogens (tertiary/aromatic N) is 2. The van der Waals surface area contributed by atoms with Crippen LogP contribution in [0.15, 0.2) is 53.1 Å². The summed E-state index contributed by atoms with van der Waals surface area (Å²) < 4.78 is 10.4. The topological polar surface area (TPSA) is 94.3 Å². The van der Waals surface area contributed by atoms with Gasteiger partial charge in [0.15, 0.2) is 0 Å². The van der Waals surface area contributed by atoms with Crippen LogP contribution in [-0.2, 0) is 27.2 Å². The third kappa shape index (κ3) is 7.86. The van der Waals surface area contributed by atoms with Gasteiger partial charge in [-0.1, -0.05) is 73.1 Å². The Balaban J connectivity index is 1.31. The second-order valence-electron chi connectivity index (χ2n) is 8.34. The monoisotopic (exact) mass is 449 g/mol. The maximum atomic E-state index is 12.0. The molecule has 3 aromatic rings. The first kappa shape index (κ1) is 24.2. The van der Waals surface area contributed by atoms with E-state index < -0.39 is 0 Å². The van der Waals surface area contributed by atoms with Gasteiger partial charge in [0.1, 0.15) is 6.61 Å². The Morgan fingerprint density at radius 1 is 1.00 bits per heavy atom. The highest BCUT2D eigenvalue weighted by atomic mass is 16.5. The Kier molecular flexibility index (Phi) is 8.75.